The molecule has 2 heterocycles. The molecule has 2 aliphatic heterocycles. The van der Waals surface area contributed by atoms with Crippen LogP contribution in [0.15, 0.2) is 0 Å². The molecule has 4 atom stereocenters. The van der Waals surface area contributed by atoms with Crippen molar-refractivity contribution in [3.05, 3.63) is 0 Å². The summed E-state index contributed by atoms with van der Waals surface area (Å²) in [6.07, 6.45) is 15.3. The Hall–Kier alpha value is -1.30. The summed E-state index contributed by atoms with van der Waals surface area (Å²) in [6.45, 7) is 17.1. The molecule has 0 aromatic carbocycles. The van der Waals surface area contributed by atoms with E-state index in [4.69, 9.17) is 19.1 Å². The molecule has 10 nitrogen and oxygen atoms in total. The Kier molecular flexibility index (Phi) is 14.7. The molecule has 50 heavy (non-hydrogen) atoms. The van der Waals surface area contributed by atoms with Crippen LogP contribution in [0.25, 0.3) is 0 Å². The van der Waals surface area contributed by atoms with E-state index in [0.29, 0.717) is 38.5 Å². The Labute approximate surface area is 303 Å². The quantitative estimate of drug-likeness (QED) is 0.129. The number of piperidine rings is 2. The predicted molar refractivity (Wildman–Crippen MR) is 194 cm³/mol. The summed E-state index contributed by atoms with van der Waals surface area (Å²) in [6, 6.07) is 0. The summed E-state index contributed by atoms with van der Waals surface area (Å²) in [5.41, 5.74) is -1.30. The van der Waals surface area contributed by atoms with Crippen LogP contribution in [0.4, 0.5) is 0 Å². The largest absolute Gasteiger partial charge is 0.462 e. The number of esters is 2. The number of rotatable bonds is 15. The van der Waals surface area contributed by atoms with Crippen molar-refractivity contribution in [2.24, 2.45) is 0 Å². The van der Waals surface area contributed by atoms with Crippen molar-refractivity contribution in [1.82, 2.24) is 10.1 Å². The summed E-state index contributed by atoms with van der Waals surface area (Å²) in [7, 11) is 0. The van der Waals surface area contributed by atoms with Gasteiger partial charge in [0.15, 0.2) is 0 Å². The molecule has 290 valence electrons. The first-order valence-electron chi connectivity index (χ1n) is 20.1. The lowest BCUT2D eigenvalue weighted by Gasteiger charge is -2.54. The first-order valence-corrected chi connectivity index (χ1v) is 20.1. The Morgan fingerprint density at radius 1 is 0.520 bits per heavy atom. The van der Waals surface area contributed by atoms with Crippen molar-refractivity contribution in [2.45, 2.75) is 243 Å². The third-order valence-electron chi connectivity index (χ3n) is 11.5. The van der Waals surface area contributed by atoms with Gasteiger partial charge in [-0.1, -0.05) is 51.4 Å². The molecule has 0 unspecified atom stereocenters. The zero-order valence-electron chi connectivity index (χ0n) is 32.8. The van der Waals surface area contributed by atoms with E-state index >= 15 is 0 Å². The van der Waals surface area contributed by atoms with E-state index in [9.17, 15) is 19.8 Å². The number of hydrogen-bond acceptors (Lipinski definition) is 10. The van der Waals surface area contributed by atoms with Gasteiger partial charge >= 0.3 is 11.9 Å². The topological polar surface area (TPSA) is 118 Å². The van der Waals surface area contributed by atoms with E-state index in [1.807, 2.05) is 0 Å². The van der Waals surface area contributed by atoms with Gasteiger partial charge in [-0.15, -0.1) is 0 Å². The van der Waals surface area contributed by atoms with Crippen LogP contribution in [-0.4, -0.2) is 91.1 Å². The molecule has 4 aliphatic rings. The number of nitrogens with zero attached hydrogens (tertiary/aromatic N) is 2. The number of carbonyl (C=O) groups is 2. The fraction of sp³-hybridized carbons (Fsp3) is 0.950. The number of aliphatic hydroxyl groups excluding tert-OH is 2. The fourth-order valence-electron chi connectivity index (χ4n) is 9.49. The SMILES string of the molecule is CC1(C)CC(OC(=O)CCCCCCCCC(=O)OC2CC(C)(C)N(O[C@@H]3CCCC[C@H]3O)C(C)(C)C2)CC(C)(C)N1O[C@@H]1CCCC[C@H]1O. The van der Waals surface area contributed by atoms with Crippen molar-refractivity contribution < 1.29 is 39.0 Å². The highest BCUT2D eigenvalue weighted by atomic mass is 16.7. The van der Waals surface area contributed by atoms with Crippen LogP contribution in [0.1, 0.15) is 184 Å². The zero-order chi connectivity index (χ0) is 36.7. The molecule has 2 saturated heterocycles. The van der Waals surface area contributed by atoms with Crippen LogP contribution in [0.2, 0.25) is 0 Å². The average molecular weight is 709 g/mol. The second kappa shape index (κ2) is 17.7. The summed E-state index contributed by atoms with van der Waals surface area (Å²) < 4.78 is 12.0. The summed E-state index contributed by atoms with van der Waals surface area (Å²) in [5, 5.41) is 25.1. The van der Waals surface area contributed by atoms with Crippen molar-refractivity contribution >= 4 is 11.9 Å². The average Bonchev–Trinajstić information content (AvgIpc) is 2.99. The number of unbranched alkanes of at least 4 members (excludes halogenated alkanes) is 5. The van der Waals surface area contributed by atoms with Crippen LogP contribution in [0, 0.1) is 0 Å². The maximum atomic E-state index is 12.8. The minimum Gasteiger partial charge on any atom is -0.462 e. The van der Waals surface area contributed by atoms with Gasteiger partial charge in [-0.05, 0) is 93.9 Å². The Balaban J connectivity index is 1.07. The van der Waals surface area contributed by atoms with Gasteiger partial charge in [0.25, 0.3) is 0 Å². The molecule has 4 fully saturated rings. The number of hydroxylamine groups is 4. The fourth-order valence-corrected chi connectivity index (χ4v) is 9.49. The first-order chi connectivity index (χ1) is 23.4. The van der Waals surface area contributed by atoms with Crippen LogP contribution in [0.5, 0.6) is 0 Å². The molecule has 2 saturated carbocycles. The van der Waals surface area contributed by atoms with Crippen LogP contribution >= 0.6 is 0 Å². The van der Waals surface area contributed by atoms with Crippen LogP contribution in [-0.2, 0) is 28.7 Å². The van der Waals surface area contributed by atoms with Crippen molar-refractivity contribution in [1.29, 1.82) is 0 Å². The maximum absolute atomic E-state index is 12.8. The zero-order valence-corrected chi connectivity index (χ0v) is 32.8. The molecular formula is C40H72N2O8. The van der Waals surface area contributed by atoms with Crippen LogP contribution < -0.4 is 0 Å². The number of aliphatic hydroxyl groups is 2. The predicted octanol–water partition coefficient (Wildman–Crippen LogP) is 7.71. The minimum atomic E-state index is -0.425. The van der Waals surface area contributed by atoms with Crippen molar-refractivity contribution in [3.63, 3.8) is 0 Å². The molecule has 0 aromatic heterocycles. The van der Waals surface area contributed by atoms with Gasteiger partial charge in [0, 0.05) is 60.7 Å². The second-order valence-electron chi connectivity index (χ2n) is 18.5. The Bertz CT molecular complexity index is 973. The second-order valence-corrected chi connectivity index (χ2v) is 18.5. The molecule has 0 radical (unpaired) electrons. The standard InChI is InChI=1S/C40H72N2O8/c1-37(2)25-29(26-38(3,4)41(37)49-33-21-17-15-19-31(33)43)47-35(45)23-13-11-9-10-12-14-24-36(46)48-30-27-39(5,6)42(40(7,8)28-30)50-34-22-18-16-20-32(34)44/h29-34,43-44H,9-28H2,1-8H3/t31-,32-,33-,34-/m1/s1. The van der Waals surface area contributed by atoms with Gasteiger partial charge in [-0.25, -0.2) is 0 Å². The van der Waals surface area contributed by atoms with E-state index in [0.717, 1.165) is 89.9 Å². The Morgan fingerprint density at radius 3 is 1.14 bits per heavy atom. The summed E-state index contributed by atoms with van der Waals surface area (Å²) >= 11 is 0. The number of hydrogen-bond donors (Lipinski definition) is 2. The molecule has 10 heteroatoms. The Morgan fingerprint density at radius 2 is 0.820 bits per heavy atom. The van der Waals surface area contributed by atoms with Gasteiger partial charge in [-0.3, -0.25) is 19.3 Å². The third kappa shape index (κ3) is 11.6. The molecule has 0 bridgehead atoms. The monoisotopic (exact) mass is 709 g/mol. The van der Waals surface area contributed by atoms with Gasteiger partial charge in [0.2, 0.25) is 0 Å². The number of ether oxygens (including phenoxy) is 2. The first kappa shape index (κ1) is 41.5. The third-order valence-corrected chi connectivity index (χ3v) is 11.5. The smallest absolute Gasteiger partial charge is 0.306 e. The van der Waals surface area contributed by atoms with E-state index < -0.39 is 12.2 Å². The molecule has 0 spiro atoms. The van der Waals surface area contributed by atoms with E-state index in [-0.39, 0.29) is 58.5 Å². The van der Waals surface area contributed by atoms with Gasteiger partial charge in [0.05, 0.1) is 12.2 Å². The molecule has 2 aliphatic carbocycles. The molecule has 0 amide bonds. The lowest BCUT2D eigenvalue weighted by molar-refractivity contribution is -0.328. The lowest BCUT2D eigenvalue weighted by atomic mass is 9.80. The normalized spacial score (nSPS) is 30.5. The van der Waals surface area contributed by atoms with Gasteiger partial charge in [-0.2, -0.15) is 10.1 Å². The van der Waals surface area contributed by atoms with Gasteiger partial charge in [0.1, 0.15) is 24.4 Å². The van der Waals surface area contributed by atoms with Crippen molar-refractivity contribution in [2.75, 3.05) is 0 Å². The van der Waals surface area contributed by atoms with E-state index in [1.165, 1.54) is 0 Å². The van der Waals surface area contributed by atoms with Gasteiger partial charge < -0.3 is 19.7 Å². The highest BCUT2D eigenvalue weighted by molar-refractivity contribution is 5.69. The number of carbonyl (C=O) groups excluding carboxylic acids is 2. The molecule has 0 aromatic rings. The molecule has 2 N–H and O–H groups in total. The lowest BCUT2D eigenvalue weighted by Crippen LogP contribution is -2.63. The van der Waals surface area contributed by atoms with Crippen molar-refractivity contribution in [3.8, 4) is 0 Å². The molecular weight excluding hydrogens is 636 g/mol. The molecule has 4 rings (SSSR count). The van der Waals surface area contributed by atoms with E-state index in [1.54, 1.807) is 0 Å². The highest BCUT2D eigenvalue weighted by Crippen LogP contribution is 2.43. The van der Waals surface area contributed by atoms with E-state index in [2.05, 4.69) is 65.5 Å². The minimum absolute atomic E-state index is 0.128. The maximum Gasteiger partial charge on any atom is 0.306 e. The van der Waals surface area contributed by atoms with Crippen LogP contribution in [0.3, 0.4) is 0 Å². The highest BCUT2D eigenvalue weighted by Gasteiger charge is 2.50. The summed E-state index contributed by atoms with van der Waals surface area (Å²) in [4.78, 5) is 38.4. The summed E-state index contributed by atoms with van der Waals surface area (Å²) in [5.74, 6) is -0.256.